The molecule has 3 N–H and O–H groups in total. The van der Waals surface area contributed by atoms with Crippen LogP contribution >= 0.6 is 0 Å². The van der Waals surface area contributed by atoms with E-state index in [1.807, 2.05) is 0 Å². The molecule has 0 aliphatic carbocycles. The van der Waals surface area contributed by atoms with Gasteiger partial charge in [-0.25, -0.2) is 4.68 Å². The van der Waals surface area contributed by atoms with Gasteiger partial charge < -0.3 is 20.1 Å². The predicted octanol–water partition coefficient (Wildman–Crippen LogP) is -0.535. The lowest BCUT2D eigenvalue weighted by atomic mass is 10.0. The zero-order chi connectivity index (χ0) is 16.6. The minimum Gasteiger partial charge on any atom is -0.388 e. The van der Waals surface area contributed by atoms with Gasteiger partial charge in [-0.2, -0.15) is 0 Å². The second-order valence-corrected chi connectivity index (χ2v) is 5.16. The van der Waals surface area contributed by atoms with E-state index in [2.05, 4.69) is 10.3 Å². The van der Waals surface area contributed by atoms with Crippen LogP contribution in [0.1, 0.15) is 6.23 Å². The molecular formula is C13H14N4O6. The van der Waals surface area contributed by atoms with Crippen LogP contribution in [-0.4, -0.2) is 60.2 Å². The Bertz CT molecular complexity index is 703. The Morgan fingerprint density at radius 3 is 2.57 bits per heavy atom. The van der Waals surface area contributed by atoms with Gasteiger partial charge in [-0.15, -0.1) is 5.10 Å². The highest BCUT2D eigenvalue weighted by molar-refractivity contribution is 5.59. The molecule has 1 aliphatic rings. The molecule has 0 radical (unpaired) electrons. The Balaban J connectivity index is 1.81. The monoisotopic (exact) mass is 322 g/mol. The summed E-state index contributed by atoms with van der Waals surface area (Å²) < 4.78 is 6.50. The van der Waals surface area contributed by atoms with Crippen molar-refractivity contribution < 1.29 is 25.0 Å². The van der Waals surface area contributed by atoms with Gasteiger partial charge in [0.25, 0.3) is 5.69 Å². The largest absolute Gasteiger partial charge is 0.388 e. The molecule has 23 heavy (non-hydrogen) atoms. The van der Waals surface area contributed by atoms with Gasteiger partial charge >= 0.3 is 0 Å². The second-order valence-electron chi connectivity index (χ2n) is 5.16. The summed E-state index contributed by atoms with van der Waals surface area (Å²) in [6, 6.07) is 5.76. The van der Waals surface area contributed by atoms with Gasteiger partial charge in [-0.1, -0.05) is 5.21 Å². The maximum atomic E-state index is 10.6. The van der Waals surface area contributed by atoms with Crippen molar-refractivity contribution in [3.8, 4) is 11.3 Å². The number of rotatable bonds is 3. The molecule has 0 amide bonds. The van der Waals surface area contributed by atoms with E-state index in [0.717, 1.165) is 0 Å². The molecular weight excluding hydrogens is 308 g/mol. The van der Waals surface area contributed by atoms with Crippen LogP contribution in [0.5, 0.6) is 0 Å². The maximum Gasteiger partial charge on any atom is 0.269 e. The quantitative estimate of drug-likeness (QED) is 0.505. The standard InChI is InChI=1S/C13H14N4O6/c18-10-6-23-13(12(20)11(10)19)16-5-9(14-15-16)7-1-3-8(4-2-7)17(21)22/h1-5,10-13,18-20H,6H2/t10-,11+,12-,13-/m1/s1. The molecule has 0 bridgehead atoms. The van der Waals surface area contributed by atoms with E-state index in [1.54, 1.807) is 0 Å². The molecule has 0 spiro atoms. The molecule has 1 aromatic carbocycles. The number of nitrogens with zero attached hydrogens (tertiary/aromatic N) is 4. The number of aromatic nitrogens is 3. The zero-order valence-electron chi connectivity index (χ0n) is 11.8. The van der Waals surface area contributed by atoms with Crippen molar-refractivity contribution in [3.63, 3.8) is 0 Å². The molecule has 1 saturated heterocycles. The summed E-state index contributed by atoms with van der Waals surface area (Å²) in [4.78, 5) is 10.1. The van der Waals surface area contributed by atoms with E-state index in [1.165, 1.54) is 35.1 Å². The molecule has 3 rings (SSSR count). The predicted molar refractivity (Wildman–Crippen MR) is 75.1 cm³/mol. The normalized spacial score (nSPS) is 27.8. The Morgan fingerprint density at radius 2 is 1.91 bits per heavy atom. The molecule has 10 nitrogen and oxygen atoms in total. The SMILES string of the molecule is O=[N+]([O-])c1ccc(-c2cn([C@@H]3OC[C@@H](O)[C@H](O)[C@H]3O)nn2)cc1. The number of aliphatic hydroxyl groups is 3. The first-order valence-electron chi connectivity index (χ1n) is 6.80. The van der Waals surface area contributed by atoms with Crippen molar-refractivity contribution >= 4 is 5.69 Å². The van der Waals surface area contributed by atoms with Crippen molar-refractivity contribution in [2.75, 3.05) is 6.61 Å². The van der Waals surface area contributed by atoms with Gasteiger partial charge in [0.05, 0.1) is 17.7 Å². The van der Waals surface area contributed by atoms with Crippen molar-refractivity contribution in [3.05, 3.63) is 40.6 Å². The number of benzene rings is 1. The molecule has 10 heteroatoms. The van der Waals surface area contributed by atoms with Gasteiger partial charge in [0.15, 0.2) is 6.23 Å². The summed E-state index contributed by atoms with van der Waals surface area (Å²) in [7, 11) is 0. The van der Waals surface area contributed by atoms with Crippen LogP contribution in [0.3, 0.4) is 0 Å². The Morgan fingerprint density at radius 1 is 1.22 bits per heavy atom. The van der Waals surface area contributed by atoms with E-state index in [0.29, 0.717) is 11.3 Å². The van der Waals surface area contributed by atoms with Crippen LogP contribution < -0.4 is 0 Å². The molecule has 122 valence electrons. The third-order valence-electron chi connectivity index (χ3n) is 3.62. The van der Waals surface area contributed by atoms with E-state index in [4.69, 9.17) is 4.74 Å². The lowest BCUT2D eigenvalue weighted by Crippen LogP contribution is -2.50. The minimum absolute atomic E-state index is 0.0377. The number of ether oxygens (including phenoxy) is 1. The van der Waals surface area contributed by atoms with Crippen LogP contribution in [0.25, 0.3) is 11.3 Å². The molecule has 1 fully saturated rings. The maximum absolute atomic E-state index is 10.6. The van der Waals surface area contributed by atoms with Crippen LogP contribution in [0.2, 0.25) is 0 Å². The van der Waals surface area contributed by atoms with Crippen molar-refractivity contribution in [2.45, 2.75) is 24.5 Å². The van der Waals surface area contributed by atoms with Crippen molar-refractivity contribution in [1.29, 1.82) is 0 Å². The first kappa shape index (κ1) is 15.5. The lowest BCUT2D eigenvalue weighted by Gasteiger charge is -2.34. The number of nitro benzene ring substituents is 1. The number of aliphatic hydroxyl groups excluding tert-OH is 3. The first-order valence-corrected chi connectivity index (χ1v) is 6.80. The van der Waals surface area contributed by atoms with Gasteiger partial charge in [0.2, 0.25) is 0 Å². The highest BCUT2D eigenvalue weighted by Gasteiger charge is 2.39. The van der Waals surface area contributed by atoms with Crippen LogP contribution in [0, 0.1) is 10.1 Å². The number of non-ortho nitro benzene ring substituents is 1. The average molecular weight is 322 g/mol. The van der Waals surface area contributed by atoms with Crippen molar-refractivity contribution in [2.24, 2.45) is 0 Å². The van der Waals surface area contributed by atoms with E-state index in [9.17, 15) is 25.4 Å². The summed E-state index contributed by atoms with van der Waals surface area (Å²) in [6.45, 7) is -0.143. The van der Waals surface area contributed by atoms with Gasteiger partial charge in [0.1, 0.15) is 24.0 Å². The number of nitro groups is 1. The van der Waals surface area contributed by atoms with Gasteiger partial charge in [0, 0.05) is 17.7 Å². The fraction of sp³-hybridized carbons (Fsp3) is 0.385. The van der Waals surface area contributed by atoms with E-state index in [-0.39, 0.29) is 12.3 Å². The Labute approximate surface area is 129 Å². The van der Waals surface area contributed by atoms with Crippen LogP contribution in [0.15, 0.2) is 30.5 Å². The molecule has 0 saturated carbocycles. The summed E-state index contributed by atoms with van der Waals surface area (Å²) >= 11 is 0. The fourth-order valence-corrected chi connectivity index (χ4v) is 2.31. The van der Waals surface area contributed by atoms with E-state index >= 15 is 0 Å². The summed E-state index contributed by atoms with van der Waals surface area (Å²) in [5.74, 6) is 0. The van der Waals surface area contributed by atoms with Gasteiger partial charge in [-0.3, -0.25) is 10.1 Å². The molecule has 2 aromatic rings. The van der Waals surface area contributed by atoms with Gasteiger partial charge in [-0.05, 0) is 12.1 Å². The second kappa shape index (κ2) is 6.01. The number of hydrogen-bond donors (Lipinski definition) is 3. The smallest absolute Gasteiger partial charge is 0.269 e. The Kier molecular flexibility index (Phi) is 4.05. The third-order valence-corrected chi connectivity index (χ3v) is 3.62. The summed E-state index contributed by atoms with van der Waals surface area (Å²) in [5, 5.41) is 47.4. The topological polar surface area (TPSA) is 144 Å². The minimum atomic E-state index is -1.36. The molecule has 4 atom stereocenters. The molecule has 0 unspecified atom stereocenters. The average Bonchev–Trinajstić information content (AvgIpc) is 3.02. The van der Waals surface area contributed by atoms with Crippen molar-refractivity contribution in [1.82, 2.24) is 15.0 Å². The summed E-state index contributed by atoms with van der Waals surface area (Å²) in [5.41, 5.74) is 0.994. The highest BCUT2D eigenvalue weighted by Crippen LogP contribution is 2.26. The zero-order valence-corrected chi connectivity index (χ0v) is 11.8. The number of hydrogen-bond acceptors (Lipinski definition) is 8. The molecule has 1 aliphatic heterocycles. The van der Waals surface area contributed by atoms with E-state index < -0.39 is 29.5 Å². The molecule has 2 heterocycles. The third kappa shape index (κ3) is 2.92. The molecule has 1 aromatic heterocycles. The highest BCUT2D eigenvalue weighted by atomic mass is 16.6. The first-order chi connectivity index (χ1) is 11.0. The lowest BCUT2D eigenvalue weighted by molar-refractivity contribution is -0.384. The van der Waals surface area contributed by atoms with Crippen LogP contribution in [0.4, 0.5) is 5.69 Å². The van der Waals surface area contributed by atoms with Crippen LogP contribution in [-0.2, 0) is 4.74 Å². The fourth-order valence-electron chi connectivity index (χ4n) is 2.31. The summed E-state index contributed by atoms with van der Waals surface area (Å²) in [6.07, 6.45) is -3.36. The Hall–Kier alpha value is -2.40.